The molecule has 1 aliphatic carbocycles. The summed E-state index contributed by atoms with van der Waals surface area (Å²) in [6, 6.07) is 9.24. The highest BCUT2D eigenvalue weighted by Crippen LogP contribution is 2.37. The van der Waals surface area contributed by atoms with Crippen molar-refractivity contribution in [3.05, 3.63) is 41.7 Å². The third-order valence-corrected chi connectivity index (χ3v) is 3.41. The molecule has 1 aromatic carbocycles. The van der Waals surface area contributed by atoms with Crippen molar-refractivity contribution >= 4 is 11.6 Å². The summed E-state index contributed by atoms with van der Waals surface area (Å²) in [4.78, 5) is 4.56. The second-order valence-corrected chi connectivity index (χ2v) is 5.02. The number of aromatic nitrogens is 2. The predicted octanol–water partition coefficient (Wildman–Crippen LogP) is 3.83. The molecule has 1 saturated carbocycles. The maximum atomic E-state index is 4.56. The van der Waals surface area contributed by atoms with Gasteiger partial charge in [0.25, 0.3) is 0 Å². The molecule has 0 bridgehead atoms. The number of imidazole rings is 1. The summed E-state index contributed by atoms with van der Waals surface area (Å²) in [6.45, 7) is 4.22. The van der Waals surface area contributed by atoms with Gasteiger partial charge >= 0.3 is 0 Å². The summed E-state index contributed by atoms with van der Waals surface area (Å²) >= 11 is 0. The van der Waals surface area contributed by atoms with E-state index in [2.05, 4.69) is 52.3 Å². The first kappa shape index (κ1) is 11.3. The molecule has 0 amide bonds. The number of hydrogen-bond acceptors (Lipinski definition) is 2. The van der Waals surface area contributed by atoms with Crippen molar-refractivity contribution < 1.29 is 0 Å². The second-order valence-electron chi connectivity index (χ2n) is 5.02. The first-order chi connectivity index (χ1) is 8.76. The van der Waals surface area contributed by atoms with E-state index >= 15 is 0 Å². The van der Waals surface area contributed by atoms with E-state index < -0.39 is 0 Å². The van der Waals surface area contributed by atoms with Crippen LogP contribution in [0.25, 0.3) is 0 Å². The molecule has 2 aromatic rings. The predicted molar refractivity (Wildman–Crippen MR) is 74.3 cm³/mol. The molecule has 0 atom stereocenters. The number of hydrogen-bond donors (Lipinski definition) is 1. The van der Waals surface area contributed by atoms with Crippen LogP contribution in [0.2, 0.25) is 0 Å². The number of aryl methyl sites for hydroxylation is 2. The zero-order valence-corrected chi connectivity index (χ0v) is 11.0. The number of anilines is 2. The molecule has 3 rings (SSSR count). The summed E-state index contributed by atoms with van der Waals surface area (Å²) in [5.74, 6) is 0.972. The van der Waals surface area contributed by atoms with E-state index in [9.17, 15) is 0 Å². The van der Waals surface area contributed by atoms with Gasteiger partial charge < -0.3 is 9.88 Å². The normalized spacial score (nSPS) is 14.8. The Morgan fingerprint density at radius 2 is 2.00 bits per heavy atom. The maximum Gasteiger partial charge on any atom is 0.207 e. The third-order valence-electron chi connectivity index (χ3n) is 3.41. The number of nitrogens with zero attached hydrogens (tertiary/aromatic N) is 2. The van der Waals surface area contributed by atoms with Gasteiger partial charge in [0.2, 0.25) is 5.95 Å². The minimum absolute atomic E-state index is 0.656. The van der Waals surface area contributed by atoms with E-state index in [1.165, 1.54) is 18.4 Å². The van der Waals surface area contributed by atoms with Crippen LogP contribution in [0, 0.1) is 6.92 Å². The Bertz CT molecular complexity index is 535. The van der Waals surface area contributed by atoms with Crippen LogP contribution in [0.15, 0.2) is 30.5 Å². The summed E-state index contributed by atoms with van der Waals surface area (Å²) in [6.07, 6.45) is 5.77. The molecule has 0 unspecified atom stereocenters. The summed E-state index contributed by atoms with van der Waals surface area (Å²) in [5, 5.41) is 3.42. The van der Waals surface area contributed by atoms with Crippen LogP contribution in [0.1, 0.15) is 37.1 Å². The second kappa shape index (κ2) is 4.48. The SMILES string of the molecule is CCc1ccc(Nc2nc(C)cn2C2CC2)cc1. The Morgan fingerprint density at radius 3 is 2.61 bits per heavy atom. The van der Waals surface area contributed by atoms with E-state index in [-0.39, 0.29) is 0 Å². The Hall–Kier alpha value is -1.77. The third kappa shape index (κ3) is 2.26. The Balaban J connectivity index is 1.82. The number of benzene rings is 1. The highest BCUT2D eigenvalue weighted by Gasteiger charge is 2.26. The van der Waals surface area contributed by atoms with Crippen molar-refractivity contribution in [3.63, 3.8) is 0 Å². The zero-order valence-electron chi connectivity index (χ0n) is 11.0. The molecule has 3 heteroatoms. The molecule has 0 radical (unpaired) electrons. The molecular weight excluding hydrogens is 222 g/mol. The average molecular weight is 241 g/mol. The van der Waals surface area contributed by atoms with Crippen LogP contribution in [0.4, 0.5) is 11.6 Å². The molecule has 1 heterocycles. The van der Waals surface area contributed by atoms with Gasteiger partial charge in [-0.3, -0.25) is 0 Å². The van der Waals surface area contributed by atoms with Crippen LogP contribution in [0.5, 0.6) is 0 Å². The molecule has 1 aliphatic rings. The fourth-order valence-electron chi connectivity index (χ4n) is 2.19. The fraction of sp³-hybridized carbons (Fsp3) is 0.400. The highest BCUT2D eigenvalue weighted by atomic mass is 15.2. The monoisotopic (exact) mass is 241 g/mol. The molecule has 1 fully saturated rings. The van der Waals surface area contributed by atoms with Crippen molar-refractivity contribution in [2.24, 2.45) is 0 Å². The van der Waals surface area contributed by atoms with Crippen molar-refractivity contribution in [1.82, 2.24) is 9.55 Å². The lowest BCUT2D eigenvalue weighted by Crippen LogP contribution is -2.01. The van der Waals surface area contributed by atoms with Crippen molar-refractivity contribution in [3.8, 4) is 0 Å². The average Bonchev–Trinajstić information content (AvgIpc) is 3.15. The van der Waals surface area contributed by atoms with E-state index in [0.717, 1.165) is 23.8 Å². The van der Waals surface area contributed by atoms with Gasteiger partial charge in [-0.05, 0) is 43.9 Å². The van der Waals surface area contributed by atoms with Crippen LogP contribution in [0.3, 0.4) is 0 Å². The lowest BCUT2D eigenvalue weighted by Gasteiger charge is -2.09. The van der Waals surface area contributed by atoms with Gasteiger partial charge in [0.15, 0.2) is 0 Å². The van der Waals surface area contributed by atoms with E-state index in [1.807, 2.05) is 6.92 Å². The van der Waals surface area contributed by atoms with Gasteiger partial charge in [-0.25, -0.2) is 4.98 Å². The molecule has 0 saturated heterocycles. The van der Waals surface area contributed by atoms with Crippen molar-refractivity contribution in [1.29, 1.82) is 0 Å². The van der Waals surface area contributed by atoms with Crippen LogP contribution in [-0.4, -0.2) is 9.55 Å². The summed E-state index contributed by atoms with van der Waals surface area (Å²) in [5.41, 5.74) is 3.55. The quantitative estimate of drug-likeness (QED) is 0.881. The van der Waals surface area contributed by atoms with Gasteiger partial charge in [-0.15, -0.1) is 0 Å². The van der Waals surface area contributed by atoms with E-state index in [0.29, 0.717) is 6.04 Å². The Morgan fingerprint density at radius 1 is 1.28 bits per heavy atom. The largest absolute Gasteiger partial charge is 0.326 e. The highest BCUT2D eigenvalue weighted by molar-refractivity contribution is 5.54. The molecule has 18 heavy (non-hydrogen) atoms. The topological polar surface area (TPSA) is 29.9 Å². The minimum Gasteiger partial charge on any atom is -0.326 e. The first-order valence-electron chi connectivity index (χ1n) is 6.67. The molecule has 1 aromatic heterocycles. The molecule has 0 spiro atoms. The fourth-order valence-corrected chi connectivity index (χ4v) is 2.19. The smallest absolute Gasteiger partial charge is 0.207 e. The van der Waals surface area contributed by atoms with Gasteiger partial charge in [0.05, 0.1) is 5.69 Å². The summed E-state index contributed by atoms with van der Waals surface area (Å²) in [7, 11) is 0. The number of rotatable bonds is 4. The van der Waals surface area contributed by atoms with E-state index in [1.54, 1.807) is 0 Å². The molecule has 94 valence electrons. The van der Waals surface area contributed by atoms with Crippen LogP contribution in [-0.2, 0) is 6.42 Å². The van der Waals surface area contributed by atoms with Gasteiger partial charge in [-0.1, -0.05) is 19.1 Å². The molecule has 1 N–H and O–H groups in total. The van der Waals surface area contributed by atoms with Gasteiger partial charge in [0.1, 0.15) is 0 Å². The Kier molecular flexibility index (Phi) is 2.82. The minimum atomic E-state index is 0.656. The molecular formula is C15H19N3. The lowest BCUT2D eigenvalue weighted by atomic mass is 10.1. The van der Waals surface area contributed by atoms with Gasteiger partial charge in [0, 0.05) is 17.9 Å². The molecule has 0 aliphatic heterocycles. The lowest BCUT2D eigenvalue weighted by molar-refractivity contribution is 0.750. The first-order valence-corrected chi connectivity index (χ1v) is 6.67. The number of nitrogens with one attached hydrogen (secondary N) is 1. The summed E-state index contributed by atoms with van der Waals surface area (Å²) < 4.78 is 2.27. The standard InChI is InChI=1S/C15H19N3/c1-3-12-4-6-13(7-5-12)17-15-16-11(2)10-18(15)14-8-9-14/h4-7,10,14H,3,8-9H2,1-2H3,(H,16,17). The zero-order chi connectivity index (χ0) is 12.5. The molecule has 3 nitrogen and oxygen atoms in total. The van der Waals surface area contributed by atoms with Crippen LogP contribution >= 0.6 is 0 Å². The Labute approximate surface area is 108 Å². The van der Waals surface area contributed by atoms with Gasteiger partial charge in [-0.2, -0.15) is 0 Å². The van der Waals surface area contributed by atoms with Crippen LogP contribution < -0.4 is 5.32 Å². The maximum absolute atomic E-state index is 4.56. The van der Waals surface area contributed by atoms with E-state index in [4.69, 9.17) is 0 Å². The van der Waals surface area contributed by atoms with Crippen molar-refractivity contribution in [2.45, 2.75) is 39.2 Å². The van der Waals surface area contributed by atoms with Crippen molar-refractivity contribution in [2.75, 3.05) is 5.32 Å².